The normalized spacial score (nSPS) is 11.6. The number of hydrazone groups is 2. The Morgan fingerprint density at radius 2 is 0.944 bits per heavy atom. The van der Waals surface area contributed by atoms with E-state index in [1.54, 1.807) is 36.9 Å². The van der Waals surface area contributed by atoms with Crippen LogP contribution in [0.3, 0.4) is 0 Å². The molecule has 0 spiro atoms. The number of carbonyl (C=O) groups excluding carboxylic acids is 2. The largest absolute Gasteiger partial charge is 0.273 e. The van der Waals surface area contributed by atoms with Crippen molar-refractivity contribution in [2.24, 2.45) is 10.2 Å². The Bertz CT molecular complexity index is 1150. The van der Waals surface area contributed by atoms with Crippen molar-refractivity contribution in [3.8, 4) is 0 Å². The van der Waals surface area contributed by atoms with Crippen molar-refractivity contribution in [2.75, 3.05) is 0 Å². The lowest BCUT2D eigenvalue weighted by atomic mass is 10.0. The zero-order chi connectivity index (χ0) is 25.0. The van der Waals surface area contributed by atoms with Gasteiger partial charge in [-0.15, -0.1) is 0 Å². The number of hydrogen-bond donors (Lipinski definition) is 2. The van der Waals surface area contributed by atoms with Gasteiger partial charge in [-0.05, 0) is 24.3 Å². The highest BCUT2D eigenvalue weighted by Gasteiger charge is 2.11. The molecule has 0 aliphatic heterocycles. The van der Waals surface area contributed by atoms with E-state index in [0.717, 1.165) is 22.3 Å². The highest BCUT2D eigenvalue weighted by molar-refractivity contribution is 6.13. The second kappa shape index (κ2) is 12.5. The van der Waals surface area contributed by atoms with Gasteiger partial charge in [-0.3, -0.25) is 19.6 Å². The highest BCUT2D eigenvalue weighted by atomic mass is 16.2. The maximum atomic E-state index is 12.4. The van der Waals surface area contributed by atoms with Gasteiger partial charge in [0.25, 0.3) is 0 Å². The van der Waals surface area contributed by atoms with E-state index < -0.39 is 0 Å². The molecule has 0 bridgehead atoms. The van der Waals surface area contributed by atoms with Gasteiger partial charge in [0.05, 0.1) is 11.4 Å². The number of rotatable bonds is 9. The fourth-order valence-electron chi connectivity index (χ4n) is 3.36. The van der Waals surface area contributed by atoms with Crippen LogP contribution in [0, 0.1) is 0 Å². The van der Waals surface area contributed by atoms with Gasteiger partial charge in [0.15, 0.2) is 0 Å². The third-order valence-electron chi connectivity index (χ3n) is 5.13. The van der Waals surface area contributed by atoms with E-state index in [1.165, 1.54) is 0 Å². The van der Waals surface area contributed by atoms with Gasteiger partial charge in [0, 0.05) is 59.9 Å². The minimum absolute atomic E-state index is 0.0481. The van der Waals surface area contributed by atoms with Crippen LogP contribution in [0.25, 0.3) is 0 Å². The molecule has 2 aromatic carbocycles. The van der Waals surface area contributed by atoms with E-state index in [2.05, 4.69) is 31.0 Å². The van der Waals surface area contributed by atoms with Crippen molar-refractivity contribution in [2.45, 2.75) is 12.8 Å². The Kier molecular flexibility index (Phi) is 8.37. The van der Waals surface area contributed by atoms with Crippen LogP contribution in [0.5, 0.6) is 0 Å². The maximum absolute atomic E-state index is 12.4. The number of amides is 2. The average molecular weight is 477 g/mol. The minimum Gasteiger partial charge on any atom is -0.273 e. The first-order valence-electron chi connectivity index (χ1n) is 11.4. The number of aromatic nitrogens is 2. The molecule has 0 saturated carbocycles. The Balaban J connectivity index is 1.39. The number of nitrogens with zero attached hydrogens (tertiary/aromatic N) is 4. The van der Waals surface area contributed by atoms with E-state index >= 15 is 0 Å². The molecule has 0 radical (unpaired) electrons. The standard InChI is InChI=1S/C28H24N6O2/c35-25(31-33-27(21-9-3-1-4-10-21)23-13-7-17-29-19-23)15-16-26(36)32-34-28(22-11-5-2-6-12-22)24-14-8-18-30-20-24/h1-14,17-20H,15-16H2,(H,31,35)(H,32,36)/b33-27+,34-28+. The number of hydrogen-bond acceptors (Lipinski definition) is 6. The number of benzene rings is 2. The van der Waals surface area contributed by atoms with Gasteiger partial charge >= 0.3 is 0 Å². The minimum atomic E-state index is -0.387. The molecule has 4 rings (SSSR count). The van der Waals surface area contributed by atoms with Crippen molar-refractivity contribution in [3.05, 3.63) is 132 Å². The Hall–Kier alpha value is -4.98. The Labute approximate surface area is 208 Å². The lowest BCUT2D eigenvalue weighted by Crippen LogP contribution is -2.25. The summed E-state index contributed by atoms with van der Waals surface area (Å²) in [4.78, 5) is 33.1. The Morgan fingerprint density at radius 3 is 1.31 bits per heavy atom. The van der Waals surface area contributed by atoms with E-state index in [4.69, 9.17) is 0 Å². The van der Waals surface area contributed by atoms with Gasteiger partial charge in [-0.1, -0.05) is 60.7 Å². The molecule has 2 amide bonds. The van der Waals surface area contributed by atoms with Crippen LogP contribution in [0.1, 0.15) is 35.1 Å². The number of carbonyl (C=O) groups is 2. The van der Waals surface area contributed by atoms with Crippen LogP contribution in [0.4, 0.5) is 0 Å². The van der Waals surface area contributed by atoms with Crippen LogP contribution < -0.4 is 10.9 Å². The first-order chi connectivity index (χ1) is 17.7. The van der Waals surface area contributed by atoms with Crippen molar-refractivity contribution in [1.82, 2.24) is 20.8 Å². The molecule has 36 heavy (non-hydrogen) atoms. The molecule has 4 aromatic rings. The zero-order valence-corrected chi connectivity index (χ0v) is 19.4. The van der Waals surface area contributed by atoms with Gasteiger partial charge in [0.2, 0.25) is 11.8 Å². The quantitative estimate of drug-likeness (QED) is 0.284. The maximum Gasteiger partial charge on any atom is 0.240 e. The monoisotopic (exact) mass is 476 g/mol. The molecule has 8 nitrogen and oxygen atoms in total. The van der Waals surface area contributed by atoms with Crippen molar-refractivity contribution < 1.29 is 9.59 Å². The lowest BCUT2D eigenvalue weighted by molar-refractivity contribution is -0.126. The van der Waals surface area contributed by atoms with Crippen LogP contribution >= 0.6 is 0 Å². The predicted molar refractivity (Wildman–Crippen MR) is 138 cm³/mol. The molecule has 0 unspecified atom stereocenters. The van der Waals surface area contributed by atoms with Crippen molar-refractivity contribution in [1.29, 1.82) is 0 Å². The van der Waals surface area contributed by atoms with Gasteiger partial charge in [-0.2, -0.15) is 10.2 Å². The smallest absolute Gasteiger partial charge is 0.240 e. The SMILES string of the molecule is O=C(CCC(=O)N/N=C(\c1ccccc1)c1cccnc1)N/N=C(\c1ccccc1)c1cccnc1. The van der Waals surface area contributed by atoms with Crippen molar-refractivity contribution >= 4 is 23.2 Å². The Morgan fingerprint density at radius 1 is 0.556 bits per heavy atom. The molecule has 0 atom stereocenters. The van der Waals surface area contributed by atoms with Crippen LogP contribution in [-0.4, -0.2) is 33.2 Å². The fourth-order valence-corrected chi connectivity index (χ4v) is 3.36. The van der Waals surface area contributed by atoms with Gasteiger partial charge in [-0.25, -0.2) is 10.9 Å². The van der Waals surface area contributed by atoms with Crippen LogP contribution in [-0.2, 0) is 9.59 Å². The summed E-state index contributed by atoms with van der Waals surface area (Å²) in [6.45, 7) is 0. The summed E-state index contributed by atoms with van der Waals surface area (Å²) in [5, 5.41) is 8.61. The van der Waals surface area contributed by atoms with Gasteiger partial charge in [0.1, 0.15) is 0 Å². The summed E-state index contributed by atoms with van der Waals surface area (Å²) in [6, 6.07) is 26.3. The summed E-state index contributed by atoms with van der Waals surface area (Å²) in [5.41, 5.74) is 9.45. The molecular weight excluding hydrogens is 452 g/mol. The third kappa shape index (κ3) is 6.77. The molecular formula is C28H24N6O2. The predicted octanol–water partition coefficient (Wildman–Crippen LogP) is 3.69. The molecule has 178 valence electrons. The van der Waals surface area contributed by atoms with E-state index in [-0.39, 0.29) is 24.7 Å². The second-order valence-electron chi connectivity index (χ2n) is 7.71. The molecule has 0 saturated heterocycles. The molecule has 0 fully saturated rings. The van der Waals surface area contributed by atoms with Crippen molar-refractivity contribution in [3.63, 3.8) is 0 Å². The van der Waals surface area contributed by atoms with Crippen LogP contribution in [0.2, 0.25) is 0 Å². The first-order valence-corrected chi connectivity index (χ1v) is 11.4. The van der Waals surface area contributed by atoms with Crippen LogP contribution in [0.15, 0.2) is 120 Å². The molecule has 8 heteroatoms. The lowest BCUT2D eigenvalue weighted by Gasteiger charge is -2.08. The fraction of sp³-hybridized carbons (Fsp3) is 0.0714. The number of pyridine rings is 2. The summed E-state index contributed by atoms with van der Waals surface area (Å²) in [6.07, 6.45) is 6.60. The molecule has 2 aromatic heterocycles. The average Bonchev–Trinajstić information content (AvgIpc) is 2.94. The molecule has 2 heterocycles. The van der Waals surface area contributed by atoms with E-state index in [0.29, 0.717) is 11.4 Å². The third-order valence-corrected chi connectivity index (χ3v) is 5.13. The summed E-state index contributed by atoms with van der Waals surface area (Å²) in [7, 11) is 0. The zero-order valence-electron chi connectivity index (χ0n) is 19.4. The molecule has 0 aliphatic carbocycles. The van der Waals surface area contributed by atoms with E-state index in [1.807, 2.05) is 72.8 Å². The first kappa shape index (κ1) is 24.2. The second-order valence-corrected chi connectivity index (χ2v) is 7.71. The molecule has 2 N–H and O–H groups in total. The topological polar surface area (TPSA) is 109 Å². The summed E-state index contributed by atoms with van der Waals surface area (Å²) < 4.78 is 0. The number of nitrogens with one attached hydrogen (secondary N) is 2. The van der Waals surface area contributed by atoms with E-state index in [9.17, 15) is 9.59 Å². The highest BCUT2D eigenvalue weighted by Crippen LogP contribution is 2.11. The molecule has 0 aliphatic rings. The summed E-state index contributed by atoms with van der Waals surface area (Å²) in [5.74, 6) is -0.774. The van der Waals surface area contributed by atoms with Gasteiger partial charge < -0.3 is 0 Å². The summed E-state index contributed by atoms with van der Waals surface area (Å²) >= 11 is 0.